The molecule has 144 valence electrons. The minimum absolute atomic E-state index is 0.288. The maximum Gasteiger partial charge on any atom is 0.313 e. The summed E-state index contributed by atoms with van der Waals surface area (Å²) >= 11 is 6.11. The Labute approximate surface area is 171 Å². The van der Waals surface area contributed by atoms with Crippen LogP contribution in [0.5, 0.6) is 5.88 Å². The van der Waals surface area contributed by atoms with Crippen LogP contribution < -0.4 is 10.2 Å². The zero-order valence-corrected chi connectivity index (χ0v) is 17.3. The zero-order chi connectivity index (χ0) is 20.3. The standard InChI is InChI=1S/C22H23BClNO3/c1-4-5-16(22(26)28-3)20-19(13-6-9-15(24)10-7-13)17-12-14(23)8-11-18(17)25-21(20)27-2/h6-12,16H,4-5,23H2,1-3H3. The van der Waals surface area contributed by atoms with Gasteiger partial charge in [0.25, 0.3) is 0 Å². The maximum absolute atomic E-state index is 12.7. The van der Waals surface area contributed by atoms with E-state index in [0.717, 1.165) is 39.5 Å². The van der Waals surface area contributed by atoms with Crippen LogP contribution in [0.3, 0.4) is 0 Å². The van der Waals surface area contributed by atoms with Gasteiger partial charge in [-0.1, -0.05) is 54.7 Å². The van der Waals surface area contributed by atoms with Crippen molar-refractivity contribution in [2.45, 2.75) is 25.7 Å². The summed E-state index contributed by atoms with van der Waals surface area (Å²) in [5.74, 6) is -0.303. The number of aromatic nitrogens is 1. The lowest BCUT2D eigenvalue weighted by Crippen LogP contribution is -2.17. The van der Waals surface area contributed by atoms with E-state index in [4.69, 9.17) is 26.1 Å². The molecule has 1 unspecified atom stereocenters. The molecule has 0 N–H and O–H groups in total. The number of carbonyl (C=O) groups excluding carboxylic acids is 1. The molecule has 0 aliphatic rings. The van der Waals surface area contributed by atoms with Crippen molar-refractivity contribution in [2.24, 2.45) is 0 Å². The van der Waals surface area contributed by atoms with Crippen molar-refractivity contribution >= 4 is 41.8 Å². The van der Waals surface area contributed by atoms with Crippen molar-refractivity contribution < 1.29 is 14.3 Å². The number of pyridine rings is 1. The molecular formula is C22H23BClNO3. The first kappa shape index (κ1) is 20.2. The number of carbonyl (C=O) groups is 1. The number of rotatable bonds is 6. The highest BCUT2D eigenvalue weighted by Gasteiger charge is 2.30. The molecule has 3 rings (SSSR count). The number of halogens is 1. The molecule has 0 aliphatic heterocycles. The number of hydrogen-bond donors (Lipinski definition) is 0. The zero-order valence-electron chi connectivity index (χ0n) is 16.6. The van der Waals surface area contributed by atoms with Crippen molar-refractivity contribution in [2.75, 3.05) is 14.2 Å². The Morgan fingerprint density at radius 2 is 1.89 bits per heavy atom. The van der Waals surface area contributed by atoms with Crippen LogP contribution in [-0.2, 0) is 9.53 Å². The molecule has 4 nitrogen and oxygen atoms in total. The van der Waals surface area contributed by atoms with Crippen LogP contribution in [0.15, 0.2) is 42.5 Å². The Kier molecular flexibility index (Phi) is 6.25. The van der Waals surface area contributed by atoms with Gasteiger partial charge in [0, 0.05) is 21.5 Å². The number of esters is 1. The summed E-state index contributed by atoms with van der Waals surface area (Å²) in [6.07, 6.45) is 1.47. The molecule has 28 heavy (non-hydrogen) atoms. The number of nitrogens with zero attached hydrogens (tertiary/aromatic N) is 1. The fraction of sp³-hybridized carbons (Fsp3) is 0.273. The van der Waals surface area contributed by atoms with Gasteiger partial charge >= 0.3 is 5.97 Å². The van der Waals surface area contributed by atoms with Gasteiger partial charge in [0.05, 0.1) is 25.7 Å². The summed E-state index contributed by atoms with van der Waals surface area (Å²) in [7, 11) is 5.04. The van der Waals surface area contributed by atoms with Crippen LogP contribution in [-0.4, -0.2) is 33.0 Å². The van der Waals surface area contributed by atoms with E-state index < -0.39 is 5.92 Å². The fourth-order valence-corrected chi connectivity index (χ4v) is 3.71. The molecule has 0 radical (unpaired) electrons. The Morgan fingerprint density at radius 1 is 1.18 bits per heavy atom. The number of ether oxygens (including phenoxy) is 2. The van der Waals surface area contributed by atoms with E-state index in [1.165, 1.54) is 7.11 Å². The van der Waals surface area contributed by atoms with Crippen LogP contribution >= 0.6 is 11.6 Å². The quantitative estimate of drug-likeness (QED) is 0.469. The molecule has 0 saturated heterocycles. The first-order valence-corrected chi connectivity index (χ1v) is 9.70. The number of hydrogen-bond acceptors (Lipinski definition) is 4. The minimum Gasteiger partial charge on any atom is -0.481 e. The molecule has 0 bridgehead atoms. The van der Waals surface area contributed by atoms with Gasteiger partial charge in [-0.15, -0.1) is 0 Å². The molecular weight excluding hydrogens is 373 g/mol. The Balaban J connectivity index is 2.44. The lowest BCUT2D eigenvalue weighted by atomic mass is 9.84. The fourth-order valence-electron chi connectivity index (χ4n) is 3.59. The van der Waals surface area contributed by atoms with Crippen molar-refractivity contribution in [1.82, 2.24) is 4.98 Å². The van der Waals surface area contributed by atoms with Gasteiger partial charge in [-0.2, -0.15) is 0 Å². The maximum atomic E-state index is 12.7. The van der Waals surface area contributed by atoms with Gasteiger partial charge < -0.3 is 9.47 Å². The first-order chi connectivity index (χ1) is 13.5. The van der Waals surface area contributed by atoms with Crippen LogP contribution in [0, 0.1) is 0 Å². The second-order valence-electron chi connectivity index (χ2n) is 6.80. The monoisotopic (exact) mass is 395 g/mol. The summed E-state index contributed by atoms with van der Waals surface area (Å²) in [6.45, 7) is 2.04. The van der Waals surface area contributed by atoms with E-state index in [-0.39, 0.29) is 5.97 Å². The van der Waals surface area contributed by atoms with Crippen LogP contribution in [0.1, 0.15) is 31.2 Å². The molecule has 1 aromatic heterocycles. The highest BCUT2D eigenvalue weighted by Crippen LogP contribution is 2.42. The molecule has 3 aromatic rings. The topological polar surface area (TPSA) is 48.4 Å². The minimum atomic E-state index is -0.465. The molecule has 0 aliphatic carbocycles. The average Bonchev–Trinajstić information content (AvgIpc) is 2.71. The van der Waals surface area contributed by atoms with Crippen molar-refractivity contribution in [3.8, 4) is 17.0 Å². The van der Waals surface area contributed by atoms with E-state index in [1.54, 1.807) is 7.11 Å². The van der Waals surface area contributed by atoms with Gasteiger partial charge in [0.1, 0.15) is 7.85 Å². The summed E-state index contributed by atoms with van der Waals surface area (Å²) < 4.78 is 10.8. The number of benzene rings is 2. The number of methoxy groups -OCH3 is 2. The Hall–Kier alpha value is -2.53. The van der Waals surface area contributed by atoms with E-state index in [1.807, 2.05) is 51.2 Å². The molecule has 2 aromatic carbocycles. The van der Waals surface area contributed by atoms with E-state index >= 15 is 0 Å². The molecule has 0 saturated carbocycles. The summed E-state index contributed by atoms with van der Waals surface area (Å²) in [5, 5.41) is 1.63. The van der Waals surface area contributed by atoms with Crippen LogP contribution in [0.4, 0.5) is 0 Å². The second-order valence-corrected chi connectivity index (χ2v) is 7.24. The summed E-state index contributed by atoms with van der Waals surface area (Å²) in [6, 6.07) is 13.7. The SMILES string of the molecule is Bc1ccc2nc(OC)c(C(CCC)C(=O)OC)c(-c3ccc(Cl)cc3)c2c1. The van der Waals surface area contributed by atoms with Gasteiger partial charge in [0.15, 0.2) is 0 Å². The normalized spacial score (nSPS) is 12.0. The predicted molar refractivity (Wildman–Crippen MR) is 117 cm³/mol. The predicted octanol–water partition coefficient (Wildman–Crippen LogP) is 3.88. The average molecular weight is 396 g/mol. The molecule has 1 heterocycles. The van der Waals surface area contributed by atoms with Crippen LogP contribution in [0.25, 0.3) is 22.0 Å². The summed E-state index contributed by atoms with van der Waals surface area (Å²) in [4.78, 5) is 17.4. The van der Waals surface area contributed by atoms with E-state index in [0.29, 0.717) is 17.3 Å². The molecule has 6 heteroatoms. The third-order valence-electron chi connectivity index (χ3n) is 4.88. The van der Waals surface area contributed by atoms with Crippen molar-refractivity contribution in [3.05, 3.63) is 53.1 Å². The second kappa shape index (κ2) is 8.66. The lowest BCUT2D eigenvalue weighted by molar-refractivity contribution is -0.142. The molecule has 0 amide bonds. The van der Waals surface area contributed by atoms with E-state index in [9.17, 15) is 4.79 Å². The first-order valence-electron chi connectivity index (χ1n) is 9.32. The lowest BCUT2D eigenvalue weighted by Gasteiger charge is -2.22. The molecule has 1 atom stereocenters. The van der Waals surface area contributed by atoms with Gasteiger partial charge in [-0.05, 0) is 30.2 Å². The molecule has 0 spiro atoms. The highest BCUT2D eigenvalue weighted by atomic mass is 35.5. The van der Waals surface area contributed by atoms with Gasteiger partial charge in [-0.3, -0.25) is 4.79 Å². The van der Waals surface area contributed by atoms with E-state index in [2.05, 4.69) is 6.07 Å². The summed E-state index contributed by atoms with van der Waals surface area (Å²) in [5.41, 5.74) is 4.59. The van der Waals surface area contributed by atoms with Gasteiger partial charge in [0.2, 0.25) is 5.88 Å². The third-order valence-corrected chi connectivity index (χ3v) is 5.13. The smallest absolute Gasteiger partial charge is 0.313 e. The molecule has 0 fully saturated rings. The van der Waals surface area contributed by atoms with Gasteiger partial charge in [-0.25, -0.2) is 4.98 Å². The van der Waals surface area contributed by atoms with Crippen molar-refractivity contribution in [1.29, 1.82) is 0 Å². The Morgan fingerprint density at radius 3 is 2.50 bits per heavy atom. The largest absolute Gasteiger partial charge is 0.481 e. The highest BCUT2D eigenvalue weighted by molar-refractivity contribution is 6.33. The third kappa shape index (κ3) is 3.85. The van der Waals surface area contributed by atoms with Crippen LogP contribution in [0.2, 0.25) is 5.02 Å². The number of fused-ring (bicyclic) bond motifs is 1. The Bertz CT molecular complexity index is 1000. The van der Waals surface area contributed by atoms with Crippen molar-refractivity contribution in [3.63, 3.8) is 0 Å².